The molecule has 1 aromatic rings. The Morgan fingerprint density at radius 1 is 0.380 bits per heavy atom. The summed E-state index contributed by atoms with van der Waals surface area (Å²) in [5.74, 6) is 2.38. The average Bonchev–Trinajstić information content (AvgIpc) is 3.12. The Balaban J connectivity index is 3.88. The first kappa shape index (κ1) is 45.5. The van der Waals surface area contributed by atoms with E-state index >= 15 is 0 Å². The molecule has 0 aliphatic heterocycles. The summed E-state index contributed by atoms with van der Waals surface area (Å²) in [7, 11) is 0. The van der Waals surface area contributed by atoms with Crippen LogP contribution in [0, 0.1) is 0 Å². The second kappa shape index (κ2) is 32.3. The van der Waals surface area contributed by atoms with Gasteiger partial charge in [0.05, 0.1) is 45.2 Å². The van der Waals surface area contributed by atoms with Crippen LogP contribution in [0.2, 0.25) is 0 Å². The van der Waals surface area contributed by atoms with E-state index in [9.17, 15) is 4.79 Å². The van der Waals surface area contributed by atoms with Gasteiger partial charge in [-0.3, -0.25) is 0 Å². The molecule has 1 rings (SSSR count). The maximum atomic E-state index is 12.9. The van der Waals surface area contributed by atoms with Gasteiger partial charge in [0, 0.05) is 6.08 Å². The smallest absolute Gasteiger partial charge is 0.330 e. The second-order valence-electron chi connectivity index (χ2n) is 13.5. The molecule has 0 amide bonds. The highest BCUT2D eigenvalue weighted by molar-refractivity contribution is 5.90. The Labute approximate surface area is 307 Å². The molecule has 50 heavy (non-hydrogen) atoms. The summed E-state index contributed by atoms with van der Waals surface area (Å²) >= 11 is 0. The Kier molecular flexibility index (Phi) is 29.4. The van der Waals surface area contributed by atoms with Crippen LogP contribution in [0.15, 0.2) is 6.08 Å². The standard InChI is InChI=1S/C43H76O7/c1-7-13-19-24-32-46-39-37(29-30-38(44)45-31-18-12-6)40(47-33-25-20-14-8-2)42(49-35-27-22-16-10-4)43(50-36-28-23-17-11-5)41(39)48-34-26-21-15-9-3/h29-30H,7-28,31-36H2,1-6H3. The molecular formula is C43H76O7. The number of hydrogen-bond donors (Lipinski definition) is 0. The fourth-order valence-corrected chi connectivity index (χ4v) is 5.52. The highest BCUT2D eigenvalue weighted by atomic mass is 16.6. The molecule has 0 saturated heterocycles. The van der Waals surface area contributed by atoms with Gasteiger partial charge in [0.1, 0.15) is 0 Å². The molecule has 0 radical (unpaired) electrons. The SMILES string of the molecule is CCCCCCOc1c(C=CC(=O)OCCCC)c(OCCCCCC)c(OCCCCCC)c(OCCCCCC)c1OCCCCCC. The normalized spacial score (nSPS) is 11.2. The summed E-state index contributed by atoms with van der Waals surface area (Å²) in [4.78, 5) is 12.9. The number of carbonyl (C=O) groups is 1. The Morgan fingerprint density at radius 3 is 1.00 bits per heavy atom. The third-order valence-corrected chi connectivity index (χ3v) is 8.66. The molecule has 7 heteroatoms. The van der Waals surface area contributed by atoms with Gasteiger partial charge in [-0.2, -0.15) is 0 Å². The molecule has 0 spiro atoms. The highest BCUT2D eigenvalue weighted by Gasteiger charge is 2.30. The van der Waals surface area contributed by atoms with Gasteiger partial charge in [-0.25, -0.2) is 4.79 Å². The number of hydrogen-bond acceptors (Lipinski definition) is 7. The predicted octanol–water partition coefficient (Wildman–Crippen LogP) is 12.8. The Morgan fingerprint density at radius 2 is 0.680 bits per heavy atom. The van der Waals surface area contributed by atoms with Crippen LogP contribution in [-0.2, 0) is 9.53 Å². The van der Waals surface area contributed by atoms with E-state index in [1.165, 1.54) is 12.5 Å². The molecule has 290 valence electrons. The largest absolute Gasteiger partial charge is 0.489 e. The maximum absolute atomic E-state index is 12.9. The van der Waals surface area contributed by atoms with Crippen LogP contribution >= 0.6 is 0 Å². The number of carbonyl (C=O) groups excluding carboxylic acids is 1. The number of rotatable bonds is 35. The average molecular weight is 705 g/mol. The number of ether oxygens (including phenoxy) is 6. The van der Waals surface area contributed by atoms with E-state index in [-0.39, 0.29) is 5.97 Å². The minimum absolute atomic E-state index is 0.387. The number of unbranched alkanes of at least 4 members (excludes halogenated alkanes) is 16. The van der Waals surface area contributed by atoms with Gasteiger partial charge >= 0.3 is 5.97 Å². The molecule has 0 aliphatic carbocycles. The Hall–Kier alpha value is -2.57. The quantitative estimate of drug-likeness (QED) is 0.0395. The van der Waals surface area contributed by atoms with Crippen molar-refractivity contribution in [1.82, 2.24) is 0 Å². The maximum Gasteiger partial charge on any atom is 0.330 e. The third kappa shape index (κ3) is 20.3. The van der Waals surface area contributed by atoms with Crippen LogP contribution in [0.3, 0.4) is 0 Å². The fraction of sp³-hybridized carbons (Fsp3) is 0.791. The summed E-state index contributed by atoms with van der Waals surface area (Å²) in [6.07, 6.45) is 26.7. The van der Waals surface area contributed by atoms with E-state index < -0.39 is 0 Å². The first-order chi connectivity index (χ1) is 24.6. The van der Waals surface area contributed by atoms with Crippen molar-refractivity contribution in [2.45, 2.75) is 183 Å². The van der Waals surface area contributed by atoms with Gasteiger partial charge in [0.25, 0.3) is 0 Å². The van der Waals surface area contributed by atoms with Crippen LogP contribution < -0.4 is 23.7 Å². The van der Waals surface area contributed by atoms with Gasteiger partial charge in [-0.05, 0) is 44.6 Å². The van der Waals surface area contributed by atoms with Crippen molar-refractivity contribution in [3.05, 3.63) is 11.6 Å². The highest BCUT2D eigenvalue weighted by Crippen LogP contribution is 2.55. The summed E-state index contributed by atoms with van der Waals surface area (Å²) in [6.45, 7) is 16.2. The van der Waals surface area contributed by atoms with E-state index in [4.69, 9.17) is 28.4 Å². The molecule has 1 aromatic carbocycles. The van der Waals surface area contributed by atoms with E-state index in [0.717, 1.165) is 135 Å². The fourth-order valence-electron chi connectivity index (χ4n) is 5.52. The van der Waals surface area contributed by atoms with Gasteiger partial charge in [-0.15, -0.1) is 0 Å². The Bertz CT molecular complexity index is 937. The minimum atomic E-state index is -0.387. The number of benzene rings is 1. The van der Waals surface area contributed by atoms with Gasteiger partial charge in [0.2, 0.25) is 17.2 Å². The third-order valence-electron chi connectivity index (χ3n) is 8.66. The second-order valence-corrected chi connectivity index (χ2v) is 13.5. The van der Waals surface area contributed by atoms with E-state index in [1.807, 2.05) is 0 Å². The first-order valence-corrected chi connectivity index (χ1v) is 20.8. The molecular weight excluding hydrogens is 628 g/mol. The van der Waals surface area contributed by atoms with Crippen molar-refractivity contribution in [2.24, 2.45) is 0 Å². The minimum Gasteiger partial charge on any atom is -0.489 e. The molecule has 0 aliphatic rings. The molecule has 0 unspecified atom stereocenters. The predicted molar refractivity (Wildman–Crippen MR) is 210 cm³/mol. The first-order valence-electron chi connectivity index (χ1n) is 20.8. The lowest BCUT2D eigenvalue weighted by molar-refractivity contribution is -0.137. The molecule has 0 heterocycles. The van der Waals surface area contributed by atoms with Crippen molar-refractivity contribution in [1.29, 1.82) is 0 Å². The zero-order chi connectivity index (χ0) is 36.5. The molecule has 0 N–H and O–H groups in total. The monoisotopic (exact) mass is 705 g/mol. The lowest BCUT2D eigenvalue weighted by Crippen LogP contribution is -2.12. The lowest BCUT2D eigenvalue weighted by Gasteiger charge is -2.25. The van der Waals surface area contributed by atoms with Crippen molar-refractivity contribution < 1.29 is 33.2 Å². The molecule has 7 nitrogen and oxygen atoms in total. The van der Waals surface area contributed by atoms with Crippen LogP contribution in [0.5, 0.6) is 28.7 Å². The summed E-state index contributed by atoms with van der Waals surface area (Å²) in [5.41, 5.74) is 0.647. The summed E-state index contributed by atoms with van der Waals surface area (Å²) in [5, 5.41) is 0. The van der Waals surface area contributed by atoms with Crippen molar-refractivity contribution in [2.75, 3.05) is 39.6 Å². The number of esters is 1. The van der Waals surface area contributed by atoms with Crippen LogP contribution in [0.1, 0.15) is 188 Å². The van der Waals surface area contributed by atoms with Crippen molar-refractivity contribution in [3.63, 3.8) is 0 Å². The van der Waals surface area contributed by atoms with Crippen LogP contribution in [-0.4, -0.2) is 45.6 Å². The molecule has 0 aromatic heterocycles. The molecule has 0 atom stereocenters. The lowest BCUT2D eigenvalue weighted by atomic mass is 10.1. The zero-order valence-electron chi connectivity index (χ0n) is 33.3. The van der Waals surface area contributed by atoms with Gasteiger partial charge in [-0.1, -0.05) is 144 Å². The van der Waals surface area contributed by atoms with Crippen LogP contribution in [0.4, 0.5) is 0 Å². The summed E-state index contributed by atoms with van der Waals surface area (Å²) in [6, 6.07) is 0. The molecule has 0 bridgehead atoms. The molecule has 0 fully saturated rings. The van der Waals surface area contributed by atoms with Crippen LogP contribution in [0.25, 0.3) is 6.08 Å². The topological polar surface area (TPSA) is 72.5 Å². The van der Waals surface area contributed by atoms with Crippen molar-refractivity contribution >= 4 is 12.0 Å². The van der Waals surface area contributed by atoms with Crippen molar-refractivity contribution in [3.8, 4) is 28.7 Å². The molecule has 0 saturated carbocycles. The van der Waals surface area contributed by atoms with E-state index in [1.54, 1.807) is 6.08 Å². The van der Waals surface area contributed by atoms with E-state index in [0.29, 0.717) is 74.0 Å². The van der Waals surface area contributed by atoms with E-state index in [2.05, 4.69) is 41.5 Å². The zero-order valence-corrected chi connectivity index (χ0v) is 33.3. The van der Waals surface area contributed by atoms with Gasteiger partial charge < -0.3 is 28.4 Å². The van der Waals surface area contributed by atoms with Gasteiger partial charge in [0.15, 0.2) is 11.5 Å². The summed E-state index contributed by atoms with van der Waals surface area (Å²) < 4.78 is 38.8.